The zero-order valence-electron chi connectivity index (χ0n) is 14.7. The maximum Gasteiger partial charge on any atom is 0.338 e. The summed E-state index contributed by atoms with van der Waals surface area (Å²) in [6.45, 7) is 1.94. The Morgan fingerprint density at radius 2 is 1.65 bits per heavy atom. The van der Waals surface area contributed by atoms with Gasteiger partial charge in [-0.15, -0.1) is 0 Å². The highest BCUT2D eigenvalue weighted by Crippen LogP contribution is 2.47. The van der Waals surface area contributed by atoms with Crippen molar-refractivity contribution in [2.24, 2.45) is 5.92 Å². The molecule has 0 heterocycles. The Labute approximate surface area is 153 Å². The fourth-order valence-corrected chi connectivity index (χ4v) is 3.78. The normalized spacial score (nSPS) is 22.7. The molecule has 4 nitrogen and oxygen atoms in total. The van der Waals surface area contributed by atoms with Crippen molar-refractivity contribution in [3.05, 3.63) is 83.1 Å². The summed E-state index contributed by atoms with van der Waals surface area (Å²) < 4.78 is 5.16. The van der Waals surface area contributed by atoms with Crippen LogP contribution in [0.2, 0.25) is 0 Å². The Balaban J connectivity index is 2.13. The molecule has 3 rings (SSSR count). The third-order valence-corrected chi connectivity index (χ3v) is 4.92. The number of hydrogen-bond donors (Lipinski definition) is 1. The topological polar surface area (TPSA) is 63.6 Å². The first-order valence-electron chi connectivity index (χ1n) is 8.81. The second-order valence-electron chi connectivity index (χ2n) is 6.40. The molecular formula is C22H22O4. The molecule has 0 spiro atoms. The first-order chi connectivity index (χ1) is 12.7. The Bertz CT molecular complexity index is 795. The molecular weight excluding hydrogens is 328 g/mol. The van der Waals surface area contributed by atoms with Crippen LogP contribution in [0, 0.1) is 5.92 Å². The van der Waals surface area contributed by atoms with Gasteiger partial charge in [0.2, 0.25) is 0 Å². The number of carbonyl (C=O) groups excluding carboxylic acids is 2. The van der Waals surface area contributed by atoms with E-state index in [-0.39, 0.29) is 30.3 Å². The minimum absolute atomic E-state index is 0.00394. The highest BCUT2D eigenvalue weighted by Gasteiger charge is 2.43. The van der Waals surface area contributed by atoms with Gasteiger partial charge in [0.15, 0.2) is 0 Å². The molecule has 2 aromatic carbocycles. The van der Waals surface area contributed by atoms with E-state index in [2.05, 4.69) is 0 Å². The van der Waals surface area contributed by atoms with Gasteiger partial charge < -0.3 is 14.6 Å². The lowest BCUT2D eigenvalue weighted by molar-refractivity contribution is -0.139. The Morgan fingerprint density at radius 1 is 1.08 bits per heavy atom. The zero-order chi connectivity index (χ0) is 18.5. The van der Waals surface area contributed by atoms with Crippen molar-refractivity contribution in [1.82, 2.24) is 0 Å². The van der Waals surface area contributed by atoms with Crippen molar-refractivity contribution < 1.29 is 19.4 Å². The molecule has 3 atom stereocenters. The molecule has 134 valence electrons. The highest BCUT2D eigenvalue weighted by molar-refractivity contribution is 5.92. The average Bonchev–Trinajstić information content (AvgIpc) is 2.68. The molecule has 2 aromatic rings. The number of aliphatic hydroxyl groups excluding tert-OH is 1. The van der Waals surface area contributed by atoms with Crippen molar-refractivity contribution in [2.75, 3.05) is 6.61 Å². The van der Waals surface area contributed by atoms with E-state index < -0.39 is 17.8 Å². The molecule has 1 aliphatic carbocycles. The minimum atomic E-state index is -0.558. The maximum atomic E-state index is 12.5. The molecule has 0 radical (unpaired) electrons. The molecule has 0 aliphatic heterocycles. The fraction of sp³-hybridized carbons (Fsp3) is 0.273. The summed E-state index contributed by atoms with van der Waals surface area (Å²) in [5.41, 5.74) is 1.99. The molecule has 0 unspecified atom stereocenters. The second kappa shape index (κ2) is 8.00. The fourth-order valence-electron chi connectivity index (χ4n) is 3.78. The molecule has 0 aromatic heterocycles. The van der Waals surface area contributed by atoms with Crippen LogP contribution < -0.4 is 0 Å². The van der Waals surface area contributed by atoms with Crippen molar-refractivity contribution in [3.8, 4) is 0 Å². The van der Waals surface area contributed by atoms with Crippen LogP contribution in [0.3, 0.4) is 0 Å². The van der Waals surface area contributed by atoms with Gasteiger partial charge in [-0.1, -0.05) is 60.7 Å². The summed E-state index contributed by atoms with van der Waals surface area (Å²) in [6.07, 6.45) is 1.14. The van der Waals surface area contributed by atoms with E-state index >= 15 is 0 Å². The van der Waals surface area contributed by atoms with Crippen molar-refractivity contribution >= 4 is 12.3 Å². The van der Waals surface area contributed by atoms with Gasteiger partial charge >= 0.3 is 5.97 Å². The van der Waals surface area contributed by atoms with E-state index in [9.17, 15) is 14.7 Å². The number of allylic oxidation sites excluding steroid dienone is 1. The number of aldehydes is 1. The van der Waals surface area contributed by atoms with Crippen LogP contribution in [0.15, 0.2) is 72.0 Å². The summed E-state index contributed by atoms with van der Waals surface area (Å²) >= 11 is 0. The van der Waals surface area contributed by atoms with E-state index in [1.807, 2.05) is 60.7 Å². The predicted molar refractivity (Wildman–Crippen MR) is 98.8 cm³/mol. The smallest absolute Gasteiger partial charge is 0.338 e. The van der Waals surface area contributed by atoms with E-state index in [0.717, 1.165) is 17.4 Å². The molecule has 0 saturated heterocycles. The predicted octanol–water partition coefficient (Wildman–Crippen LogP) is 4.15. The SMILES string of the molecule is CCOC(=O)C1=C(O)C[C@H](c2ccccc2)[C@H](C=O)[C@H]1c1ccccc1. The molecule has 0 amide bonds. The summed E-state index contributed by atoms with van der Waals surface area (Å²) in [7, 11) is 0. The standard InChI is InChI=1S/C22H22O4/c1-2-26-22(25)21-19(24)13-17(15-9-5-3-6-10-15)18(14-23)20(21)16-11-7-4-8-12-16/h3-12,14,17-18,20,24H,2,13H2,1H3/t17-,18+,20-/m1/s1. The minimum Gasteiger partial charge on any atom is -0.512 e. The van der Waals surface area contributed by atoms with Gasteiger partial charge in [-0.2, -0.15) is 0 Å². The highest BCUT2D eigenvalue weighted by atomic mass is 16.5. The van der Waals surface area contributed by atoms with Crippen LogP contribution in [0.4, 0.5) is 0 Å². The Hall–Kier alpha value is -2.88. The van der Waals surface area contributed by atoms with Crippen LogP contribution in [-0.2, 0) is 14.3 Å². The van der Waals surface area contributed by atoms with Gasteiger partial charge in [-0.25, -0.2) is 4.79 Å². The first-order valence-corrected chi connectivity index (χ1v) is 8.81. The van der Waals surface area contributed by atoms with Crippen molar-refractivity contribution in [3.63, 3.8) is 0 Å². The van der Waals surface area contributed by atoms with Gasteiger partial charge in [-0.05, 0) is 18.1 Å². The third kappa shape index (κ3) is 3.40. The van der Waals surface area contributed by atoms with Crippen LogP contribution in [-0.4, -0.2) is 24.0 Å². The van der Waals surface area contributed by atoms with E-state index in [1.165, 1.54) is 0 Å². The lowest BCUT2D eigenvalue weighted by Crippen LogP contribution is -2.33. The van der Waals surface area contributed by atoms with E-state index in [4.69, 9.17) is 4.74 Å². The van der Waals surface area contributed by atoms with E-state index in [1.54, 1.807) is 6.92 Å². The number of benzene rings is 2. The van der Waals surface area contributed by atoms with Gasteiger partial charge in [0.25, 0.3) is 0 Å². The van der Waals surface area contributed by atoms with Gasteiger partial charge in [0.1, 0.15) is 12.0 Å². The largest absolute Gasteiger partial charge is 0.512 e. The lowest BCUT2D eigenvalue weighted by atomic mass is 9.67. The summed E-state index contributed by atoms with van der Waals surface area (Å²) in [6, 6.07) is 19.0. The molecule has 1 N–H and O–H groups in total. The Kier molecular flexibility index (Phi) is 5.52. The van der Waals surface area contributed by atoms with Crippen molar-refractivity contribution in [1.29, 1.82) is 0 Å². The Morgan fingerprint density at radius 3 is 2.19 bits per heavy atom. The number of hydrogen-bond acceptors (Lipinski definition) is 4. The zero-order valence-corrected chi connectivity index (χ0v) is 14.7. The first kappa shape index (κ1) is 17.9. The number of ether oxygens (including phenoxy) is 1. The summed E-state index contributed by atoms with van der Waals surface area (Å²) in [5, 5.41) is 10.7. The number of aliphatic hydroxyl groups is 1. The molecule has 1 aliphatic rings. The molecule has 0 saturated carbocycles. The average molecular weight is 350 g/mol. The number of esters is 1. The summed E-state index contributed by atoms with van der Waals surface area (Å²) in [5.74, 6) is -1.75. The van der Waals surface area contributed by atoms with Gasteiger partial charge in [-0.3, -0.25) is 0 Å². The quantitative estimate of drug-likeness (QED) is 0.650. The van der Waals surface area contributed by atoms with Gasteiger partial charge in [0.05, 0.1) is 12.2 Å². The number of rotatable bonds is 5. The van der Waals surface area contributed by atoms with Crippen LogP contribution in [0.25, 0.3) is 0 Å². The maximum absolute atomic E-state index is 12.5. The van der Waals surface area contributed by atoms with Crippen LogP contribution in [0.1, 0.15) is 36.3 Å². The summed E-state index contributed by atoms with van der Waals surface area (Å²) in [4.78, 5) is 24.6. The van der Waals surface area contributed by atoms with Crippen LogP contribution in [0.5, 0.6) is 0 Å². The number of carbonyl (C=O) groups is 2. The van der Waals surface area contributed by atoms with Crippen molar-refractivity contribution in [2.45, 2.75) is 25.2 Å². The van der Waals surface area contributed by atoms with E-state index in [0.29, 0.717) is 0 Å². The molecule has 4 heteroatoms. The third-order valence-electron chi connectivity index (χ3n) is 4.92. The second-order valence-corrected chi connectivity index (χ2v) is 6.40. The molecule has 0 fully saturated rings. The molecule has 0 bridgehead atoms. The van der Waals surface area contributed by atoms with Gasteiger partial charge in [0, 0.05) is 24.2 Å². The monoisotopic (exact) mass is 350 g/mol. The lowest BCUT2D eigenvalue weighted by Gasteiger charge is -2.36. The molecule has 26 heavy (non-hydrogen) atoms. The van der Waals surface area contributed by atoms with Crippen LogP contribution >= 0.6 is 0 Å².